The summed E-state index contributed by atoms with van der Waals surface area (Å²) in [5, 5.41) is 2.93. The van der Waals surface area contributed by atoms with Crippen molar-refractivity contribution in [1.82, 2.24) is 0 Å². The number of benzene rings is 2. The molecule has 2 aromatic carbocycles. The van der Waals surface area contributed by atoms with Crippen molar-refractivity contribution in [1.29, 1.82) is 0 Å². The predicted octanol–water partition coefficient (Wildman–Crippen LogP) is 4.40. The SMILES string of the molecule is CC1=CC[C@H]2C(=O)N(c3ccccc3C(=O)Nc3cccc(C)c3C)C(=O)[C@@H]2C1. The summed E-state index contributed by atoms with van der Waals surface area (Å²) in [4.78, 5) is 40.4. The Bertz CT molecular complexity index is 1050. The number of carbonyl (C=O) groups excluding carboxylic acids is 3. The van der Waals surface area contributed by atoms with Crippen molar-refractivity contribution in [2.45, 2.75) is 33.6 Å². The molecule has 5 nitrogen and oxygen atoms in total. The van der Waals surface area contributed by atoms with Gasteiger partial charge < -0.3 is 5.32 Å². The Morgan fingerprint density at radius 1 is 0.966 bits per heavy atom. The molecule has 1 aliphatic heterocycles. The van der Waals surface area contributed by atoms with E-state index in [1.807, 2.05) is 45.0 Å². The molecule has 2 atom stereocenters. The maximum atomic E-state index is 13.1. The van der Waals surface area contributed by atoms with Crippen molar-refractivity contribution in [3.05, 3.63) is 70.8 Å². The van der Waals surface area contributed by atoms with E-state index in [2.05, 4.69) is 5.32 Å². The molecule has 1 aliphatic carbocycles. The van der Waals surface area contributed by atoms with Crippen molar-refractivity contribution >= 4 is 29.1 Å². The summed E-state index contributed by atoms with van der Waals surface area (Å²) >= 11 is 0. The Kier molecular flexibility index (Phi) is 4.82. The molecule has 0 spiro atoms. The molecule has 0 unspecified atom stereocenters. The Morgan fingerprint density at radius 3 is 2.48 bits per heavy atom. The minimum absolute atomic E-state index is 0.209. The molecule has 1 fully saturated rings. The van der Waals surface area contributed by atoms with Crippen molar-refractivity contribution in [2.24, 2.45) is 11.8 Å². The maximum absolute atomic E-state index is 13.1. The number of imide groups is 1. The third kappa shape index (κ3) is 3.27. The summed E-state index contributed by atoms with van der Waals surface area (Å²) in [6.45, 7) is 5.92. The number of nitrogens with one attached hydrogen (secondary N) is 1. The molecular weight excluding hydrogens is 364 g/mol. The van der Waals surface area contributed by atoms with Crippen molar-refractivity contribution in [3.63, 3.8) is 0 Å². The summed E-state index contributed by atoms with van der Waals surface area (Å²) in [6.07, 6.45) is 3.21. The van der Waals surface area contributed by atoms with E-state index in [0.29, 0.717) is 24.1 Å². The van der Waals surface area contributed by atoms with Gasteiger partial charge in [-0.2, -0.15) is 0 Å². The van der Waals surface area contributed by atoms with E-state index in [0.717, 1.165) is 22.4 Å². The summed E-state index contributed by atoms with van der Waals surface area (Å²) < 4.78 is 0. The van der Waals surface area contributed by atoms with Gasteiger partial charge in [-0.05, 0) is 62.9 Å². The van der Waals surface area contributed by atoms with Gasteiger partial charge in [-0.3, -0.25) is 14.4 Å². The van der Waals surface area contributed by atoms with Crippen LogP contribution in [0, 0.1) is 25.7 Å². The number of para-hydroxylation sites is 1. The minimum Gasteiger partial charge on any atom is -0.322 e. The van der Waals surface area contributed by atoms with Crippen LogP contribution in [0.1, 0.15) is 41.3 Å². The van der Waals surface area contributed by atoms with Crippen LogP contribution in [-0.2, 0) is 9.59 Å². The molecule has 1 saturated heterocycles. The lowest BCUT2D eigenvalue weighted by atomic mass is 9.82. The number of aryl methyl sites for hydroxylation is 1. The lowest BCUT2D eigenvalue weighted by Crippen LogP contribution is -2.33. The lowest BCUT2D eigenvalue weighted by molar-refractivity contribution is -0.122. The van der Waals surface area contributed by atoms with Gasteiger partial charge in [0.1, 0.15) is 0 Å². The van der Waals surface area contributed by atoms with Crippen LogP contribution in [0.5, 0.6) is 0 Å². The highest BCUT2D eigenvalue weighted by Crippen LogP contribution is 2.40. The zero-order valence-electron chi connectivity index (χ0n) is 16.9. The molecule has 148 valence electrons. The second-order valence-electron chi connectivity index (χ2n) is 7.93. The van der Waals surface area contributed by atoms with E-state index in [-0.39, 0.29) is 29.6 Å². The Morgan fingerprint density at radius 2 is 1.69 bits per heavy atom. The average molecular weight is 388 g/mol. The number of amides is 3. The smallest absolute Gasteiger partial charge is 0.257 e. The molecule has 3 amide bonds. The van der Waals surface area contributed by atoms with Gasteiger partial charge >= 0.3 is 0 Å². The summed E-state index contributed by atoms with van der Waals surface area (Å²) in [5.41, 5.74) is 4.59. The fraction of sp³-hybridized carbons (Fsp3) is 0.292. The number of rotatable bonds is 3. The third-order valence-electron chi connectivity index (χ3n) is 6.07. The molecule has 2 aromatic rings. The van der Waals surface area contributed by atoms with Crippen LogP contribution in [0.4, 0.5) is 11.4 Å². The number of nitrogens with zero attached hydrogens (tertiary/aromatic N) is 1. The molecule has 5 heteroatoms. The van der Waals surface area contributed by atoms with Crippen molar-refractivity contribution in [2.75, 3.05) is 10.2 Å². The first-order chi connectivity index (χ1) is 13.9. The maximum Gasteiger partial charge on any atom is 0.257 e. The number of hydrogen-bond acceptors (Lipinski definition) is 3. The normalized spacial score (nSPS) is 21.1. The van der Waals surface area contributed by atoms with Gasteiger partial charge in [-0.15, -0.1) is 0 Å². The third-order valence-corrected chi connectivity index (χ3v) is 6.07. The summed E-state index contributed by atoms with van der Waals surface area (Å²) in [5.74, 6) is -1.42. The molecule has 0 saturated carbocycles. The molecule has 1 heterocycles. The first-order valence-corrected chi connectivity index (χ1v) is 9.88. The predicted molar refractivity (Wildman–Crippen MR) is 113 cm³/mol. The molecule has 0 bridgehead atoms. The standard InChI is InChI=1S/C24H24N2O3/c1-14-11-12-17-19(13-14)24(29)26(23(17)28)21-10-5-4-8-18(21)22(27)25-20-9-6-7-15(2)16(20)3/h4-11,17,19H,12-13H2,1-3H3,(H,25,27)/t17-,19-/m1/s1. The summed E-state index contributed by atoms with van der Waals surface area (Å²) in [7, 11) is 0. The Balaban J connectivity index is 1.67. The number of carbonyl (C=O) groups is 3. The Labute approximate surface area is 170 Å². The highest BCUT2D eigenvalue weighted by atomic mass is 16.2. The summed E-state index contributed by atoms with van der Waals surface area (Å²) in [6, 6.07) is 12.5. The van der Waals surface area contributed by atoms with Gasteiger partial charge in [-0.25, -0.2) is 4.90 Å². The van der Waals surface area contributed by atoms with Crippen LogP contribution in [0.2, 0.25) is 0 Å². The molecule has 4 rings (SSSR count). The van der Waals surface area contributed by atoms with E-state index in [1.54, 1.807) is 24.3 Å². The van der Waals surface area contributed by atoms with Gasteiger partial charge in [0.25, 0.3) is 5.91 Å². The average Bonchev–Trinajstić information content (AvgIpc) is 2.95. The number of allylic oxidation sites excluding steroid dienone is 2. The van der Waals surface area contributed by atoms with Crippen molar-refractivity contribution < 1.29 is 14.4 Å². The minimum atomic E-state index is -0.334. The highest BCUT2D eigenvalue weighted by molar-refractivity contribution is 6.25. The largest absolute Gasteiger partial charge is 0.322 e. The first kappa shape index (κ1) is 19.1. The quantitative estimate of drug-likeness (QED) is 0.626. The van der Waals surface area contributed by atoms with Crippen molar-refractivity contribution in [3.8, 4) is 0 Å². The topological polar surface area (TPSA) is 66.5 Å². The van der Waals surface area contributed by atoms with Crippen LogP contribution < -0.4 is 10.2 Å². The molecule has 0 aromatic heterocycles. The lowest BCUT2D eigenvalue weighted by Gasteiger charge is -2.19. The second kappa shape index (κ2) is 7.32. The molecule has 0 radical (unpaired) electrons. The van der Waals surface area contributed by atoms with E-state index in [4.69, 9.17) is 0 Å². The number of anilines is 2. The van der Waals surface area contributed by atoms with E-state index >= 15 is 0 Å². The van der Waals surface area contributed by atoms with Crippen LogP contribution in [-0.4, -0.2) is 17.7 Å². The van der Waals surface area contributed by atoms with Gasteiger partial charge in [0.2, 0.25) is 11.8 Å². The van der Waals surface area contributed by atoms with E-state index < -0.39 is 0 Å². The van der Waals surface area contributed by atoms with Crippen LogP contribution in [0.15, 0.2) is 54.1 Å². The van der Waals surface area contributed by atoms with Crippen LogP contribution in [0.25, 0.3) is 0 Å². The zero-order valence-corrected chi connectivity index (χ0v) is 16.9. The van der Waals surface area contributed by atoms with Gasteiger partial charge in [0, 0.05) is 5.69 Å². The van der Waals surface area contributed by atoms with Gasteiger partial charge in [0.05, 0.1) is 23.1 Å². The van der Waals surface area contributed by atoms with Crippen LogP contribution in [0.3, 0.4) is 0 Å². The fourth-order valence-corrected chi connectivity index (χ4v) is 4.21. The molecule has 29 heavy (non-hydrogen) atoms. The van der Waals surface area contributed by atoms with Gasteiger partial charge in [0.15, 0.2) is 0 Å². The Hall–Kier alpha value is -3.21. The second-order valence-corrected chi connectivity index (χ2v) is 7.93. The first-order valence-electron chi connectivity index (χ1n) is 9.88. The molecule has 2 aliphatic rings. The van der Waals surface area contributed by atoms with E-state index in [9.17, 15) is 14.4 Å². The fourth-order valence-electron chi connectivity index (χ4n) is 4.21. The monoisotopic (exact) mass is 388 g/mol. The number of fused-ring (bicyclic) bond motifs is 1. The van der Waals surface area contributed by atoms with E-state index in [1.165, 1.54) is 4.90 Å². The number of hydrogen-bond donors (Lipinski definition) is 1. The molecular formula is C24H24N2O3. The highest BCUT2D eigenvalue weighted by Gasteiger charge is 2.49. The zero-order chi connectivity index (χ0) is 20.7. The van der Waals surface area contributed by atoms with Gasteiger partial charge in [-0.1, -0.05) is 35.9 Å². The molecule has 1 N–H and O–H groups in total. The van der Waals surface area contributed by atoms with Crippen LogP contribution >= 0.6 is 0 Å².